The van der Waals surface area contributed by atoms with E-state index in [4.69, 9.17) is 21.1 Å². The van der Waals surface area contributed by atoms with Crippen LogP contribution < -0.4 is 14.8 Å². The van der Waals surface area contributed by atoms with Gasteiger partial charge in [-0.15, -0.1) is 0 Å². The first-order valence-corrected chi connectivity index (χ1v) is 9.84. The highest BCUT2D eigenvalue weighted by Crippen LogP contribution is 2.31. The van der Waals surface area contributed by atoms with Crippen LogP contribution in [0.25, 0.3) is 0 Å². The highest BCUT2D eigenvalue weighted by atomic mass is 35.5. The number of benzene rings is 2. The molecule has 12 heteroatoms. The molecule has 0 fully saturated rings. The van der Waals surface area contributed by atoms with Crippen molar-refractivity contribution in [3.8, 4) is 11.5 Å². The van der Waals surface area contributed by atoms with Crippen LogP contribution in [0.15, 0.2) is 41.3 Å². The molecule has 0 heterocycles. The minimum Gasteiger partial charge on any atom is -0.495 e. The zero-order valence-electron chi connectivity index (χ0n) is 15.7. The van der Waals surface area contributed by atoms with Gasteiger partial charge in [0.1, 0.15) is 16.4 Å². The van der Waals surface area contributed by atoms with Crippen LogP contribution in [-0.4, -0.2) is 51.4 Å². The summed E-state index contributed by atoms with van der Waals surface area (Å²) in [5.41, 5.74) is -0.0436. The first kappa shape index (κ1) is 22.4. The highest BCUT2D eigenvalue weighted by molar-refractivity contribution is 7.89. The lowest BCUT2D eigenvalue weighted by Crippen LogP contribution is -2.35. The van der Waals surface area contributed by atoms with Gasteiger partial charge in [-0.3, -0.25) is 14.9 Å². The summed E-state index contributed by atoms with van der Waals surface area (Å²) in [5, 5.41) is 13.8. The predicted octanol–water partition coefficient (Wildman–Crippen LogP) is 2.52. The number of sulfonamides is 1. The molecule has 29 heavy (non-hydrogen) atoms. The maximum absolute atomic E-state index is 12.8. The van der Waals surface area contributed by atoms with Crippen LogP contribution in [-0.2, 0) is 14.8 Å². The number of rotatable bonds is 8. The minimum atomic E-state index is -4.17. The van der Waals surface area contributed by atoms with E-state index < -0.39 is 27.4 Å². The summed E-state index contributed by atoms with van der Waals surface area (Å²) in [4.78, 5) is 22.2. The van der Waals surface area contributed by atoms with Gasteiger partial charge in [0, 0.05) is 18.1 Å². The molecule has 0 radical (unpaired) electrons. The van der Waals surface area contributed by atoms with E-state index in [1.165, 1.54) is 27.3 Å². The molecule has 2 aromatic carbocycles. The third kappa shape index (κ3) is 5.13. The molecular weight excluding hydrogens is 426 g/mol. The van der Waals surface area contributed by atoms with Gasteiger partial charge in [0.05, 0.1) is 37.4 Å². The lowest BCUT2D eigenvalue weighted by atomic mass is 10.3. The average Bonchev–Trinajstić information content (AvgIpc) is 2.67. The fourth-order valence-electron chi connectivity index (χ4n) is 2.41. The van der Waals surface area contributed by atoms with Crippen LogP contribution in [0, 0.1) is 10.1 Å². The average molecular weight is 444 g/mol. The third-order valence-corrected chi connectivity index (χ3v) is 5.93. The van der Waals surface area contributed by atoms with Crippen LogP contribution in [0.2, 0.25) is 5.02 Å². The number of amides is 1. The van der Waals surface area contributed by atoms with E-state index >= 15 is 0 Å². The van der Waals surface area contributed by atoms with Gasteiger partial charge in [0.25, 0.3) is 5.69 Å². The second-order valence-corrected chi connectivity index (χ2v) is 8.20. The second kappa shape index (κ2) is 9.07. The van der Waals surface area contributed by atoms with E-state index in [-0.39, 0.29) is 22.0 Å². The van der Waals surface area contributed by atoms with Gasteiger partial charge >= 0.3 is 0 Å². The molecule has 0 aliphatic rings. The fraction of sp³-hybridized carbons (Fsp3) is 0.235. The summed E-state index contributed by atoms with van der Waals surface area (Å²) in [7, 11) is -0.365. The molecule has 0 saturated carbocycles. The number of anilines is 1. The molecule has 2 rings (SSSR count). The van der Waals surface area contributed by atoms with Crippen LogP contribution in [0.5, 0.6) is 11.5 Å². The smallest absolute Gasteiger partial charge is 0.273 e. The maximum atomic E-state index is 12.8. The first-order chi connectivity index (χ1) is 13.6. The quantitative estimate of drug-likeness (QED) is 0.490. The van der Waals surface area contributed by atoms with E-state index in [1.54, 1.807) is 12.1 Å². The molecule has 156 valence electrons. The Morgan fingerprint density at radius 3 is 2.41 bits per heavy atom. The molecule has 0 unspecified atom stereocenters. The molecule has 0 aliphatic carbocycles. The van der Waals surface area contributed by atoms with E-state index in [9.17, 15) is 23.3 Å². The topological polar surface area (TPSA) is 128 Å². The van der Waals surface area contributed by atoms with Crippen molar-refractivity contribution < 1.29 is 27.6 Å². The van der Waals surface area contributed by atoms with Crippen molar-refractivity contribution in [3.63, 3.8) is 0 Å². The number of carbonyl (C=O) groups is 1. The number of nitrogens with one attached hydrogen (secondary N) is 1. The number of hydrogen-bond donors (Lipinski definition) is 1. The Balaban J connectivity index is 2.23. The van der Waals surface area contributed by atoms with E-state index in [1.807, 2.05) is 0 Å². The lowest BCUT2D eigenvalue weighted by Gasteiger charge is -2.19. The Morgan fingerprint density at radius 2 is 1.83 bits per heavy atom. The van der Waals surface area contributed by atoms with E-state index in [0.29, 0.717) is 10.8 Å². The van der Waals surface area contributed by atoms with Crippen molar-refractivity contribution in [3.05, 3.63) is 51.5 Å². The van der Waals surface area contributed by atoms with Gasteiger partial charge in [-0.05, 0) is 24.3 Å². The normalized spacial score (nSPS) is 11.2. The van der Waals surface area contributed by atoms with Crippen molar-refractivity contribution in [2.45, 2.75) is 4.90 Å². The van der Waals surface area contributed by atoms with Crippen molar-refractivity contribution in [1.82, 2.24) is 4.31 Å². The number of nitro groups is 1. The maximum Gasteiger partial charge on any atom is 0.273 e. The molecule has 0 aliphatic heterocycles. The highest BCUT2D eigenvalue weighted by Gasteiger charge is 2.28. The van der Waals surface area contributed by atoms with Crippen LogP contribution in [0.1, 0.15) is 0 Å². The monoisotopic (exact) mass is 443 g/mol. The summed E-state index contributed by atoms with van der Waals surface area (Å²) in [6, 6.07) is 7.69. The molecule has 10 nitrogen and oxygen atoms in total. The lowest BCUT2D eigenvalue weighted by molar-refractivity contribution is -0.385. The Bertz CT molecular complexity index is 1040. The van der Waals surface area contributed by atoms with Crippen LogP contribution >= 0.6 is 11.6 Å². The van der Waals surface area contributed by atoms with Crippen molar-refractivity contribution in [2.24, 2.45) is 0 Å². The van der Waals surface area contributed by atoms with Crippen molar-refractivity contribution >= 4 is 38.9 Å². The zero-order valence-corrected chi connectivity index (χ0v) is 17.3. The van der Waals surface area contributed by atoms with Crippen LogP contribution in [0.4, 0.5) is 11.4 Å². The minimum absolute atomic E-state index is 0.206. The molecule has 0 saturated heterocycles. The van der Waals surface area contributed by atoms with Crippen LogP contribution in [0.3, 0.4) is 0 Å². The summed E-state index contributed by atoms with van der Waals surface area (Å²) in [6.45, 7) is -0.530. The Morgan fingerprint density at radius 1 is 1.17 bits per heavy atom. The van der Waals surface area contributed by atoms with Gasteiger partial charge in [-0.1, -0.05) is 11.6 Å². The molecular formula is C17H18ClN3O7S. The van der Waals surface area contributed by atoms with Gasteiger partial charge in [0.15, 0.2) is 0 Å². The number of nitrogens with zero attached hydrogens (tertiary/aromatic N) is 2. The number of halogens is 1. The first-order valence-electron chi connectivity index (χ1n) is 8.02. The summed E-state index contributed by atoms with van der Waals surface area (Å²) < 4.78 is 36.5. The Hall–Kier alpha value is -2.89. The van der Waals surface area contributed by atoms with Gasteiger partial charge in [-0.25, -0.2) is 8.42 Å². The molecule has 0 atom stereocenters. The summed E-state index contributed by atoms with van der Waals surface area (Å²) in [5.74, 6) is -0.495. The fourth-order valence-corrected chi connectivity index (χ4v) is 3.84. The van der Waals surface area contributed by atoms with Crippen molar-refractivity contribution in [2.75, 3.05) is 33.1 Å². The van der Waals surface area contributed by atoms with Gasteiger partial charge in [0.2, 0.25) is 15.9 Å². The zero-order chi connectivity index (χ0) is 21.8. The van der Waals surface area contributed by atoms with Gasteiger partial charge in [-0.2, -0.15) is 4.31 Å². The number of hydrogen-bond acceptors (Lipinski definition) is 7. The standard InChI is InChI=1S/C17H18ClN3O7S/c1-20(10-17(22)19-13-8-11(18)4-6-14(13)27-2)29(25,26)16-7-5-12(21(23)24)9-15(16)28-3/h4-9H,10H2,1-3H3,(H,19,22). The van der Waals surface area contributed by atoms with Crippen molar-refractivity contribution in [1.29, 1.82) is 0 Å². The second-order valence-electron chi connectivity index (χ2n) is 5.75. The predicted molar refractivity (Wildman–Crippen MR) is 106 cm³/mol. The summed E-state index contributed by atoms with van der Waals surface area (Å²) in [6.07, 6.45) is 0. The number of methoxy groups -OCH3 is 2. The number of carbonyl (C=O) groups excluding carboxylic acids is 1. The largest absolute Gasteiger partial charge is 0.495 e. The number of ether oxygens (including phenoxy) is 2. The molecule has 2 aromatic rings. The Kier molecular flexibility index (Phi) is 7.01. The number of likely N-dealkylation sites (N-methyl/N-ethyl adjacent to an activating group) is 1. The van der Waals surface area contributed by atoms with Gasteiger partial charge < -0.3 is 14.8 Å². The number of non-ortho nitro benzene ring substituents is 1. The number of nitro benzene ring substituents is 1. The molecule has 0 aromatic heterocycles. The molecule has 0 bridgehead atoms. The molecule has 0 spiro atoms. The summed E-state index contributed by atoms with van der Waals surface area (Å²) >= 11 is 5.91. The van der Waals surface area contributed by atoms with E-state index in [2.05, 4.69) is 5.32 Å². The molecule has 1 amide bonds. The Labute approximate surface area is 172 Å². The third-order valence-electron chi connectivity index (χ3n) is 3.85. The molecule has 1 N–H and O–H groups in total. The van der Waals surface area contributed by atoms with E-state index in [0.717, 1.165) is 22.5 Å². The SMILES string of the molecule is COc1ccc(Cl)cc1NC(=O)CN(C)S(=O)(=O)c1ccc([N+](=O)[O-])cc1OC.